The summed E-state index contributed by atoms with van der Waals surface area (Å²) in [6, 6.07) is 39.6. The first-order valence-corrected chi connectivity index (χ1v) is 16.1. The number of carbonyl (C=O) groups excluding carboxylic acids is 3. The number of hydrogen-bond acceptors (Lipinski definition) is 5. The maximum Gasteiger partial charge on any atom is 0.272 e. The lowest BCUT2D eigenvalue weighted by molar-refractivity contribution is -0.115. The highest BCUT2D eigenvalue weighted by Gasteiger charge is 2.27. The smallest absolute Gasteiger partial charge is 0.272 e. The Labute approximate surface area is 270 Å². The molecule has 0 aromatic heterocycles. The number of aryl methyl sites for hydroxylation is 1. The fourth-order valence-corrected chi connectivity index (χ4v) is 6.59. The highest BCUT2D eigenvalue weighted by molar-refractivity contribution is 8.00. The van der Waals surface area contributed by atoms with Gasteiger partial charge in [-0.1, -0.05) is 84.1 Å². The molecule has 0 atom stereocenters. The van der Waals surface area contributed by atoms with Crippen LogP contribution in [0.2, 0.25) is 0 Å². The first-order valence-electron chi connectivity index (χ1n) is 14.3. The molecule has 8 heteroatoms. The normalized spacial score (nSPS) is 12.1. The average Bonchev–Trinajstić information content (AvgIpc) is 3.07. The zero-order valence-electron chi connectivity index (χ0n) is 24.4. The SMILES string of the molecule is Cc1ccc(C=C(NC(=O)c2ccccc2)C(=O)Nc2ccc(SCC(=O)N3c4ccccc4Sc4ccccc43)cc2)cc1. The molecule has 5 aromatic carbocycles. The number of carbonyl (C=O) groups is 3. The summed E-state index contributed by atoms with van der Waals surface area (Å²) in [6.45, 7) is 1.99. The van der Waals surface area contributed by atoms with Crippen molar-refractivity contribution in [2.45, 2.75) is 21.6 Å². The van der Waals surface area contributed by atoms with Gasteiger partial charge in [0.2, 0.25) is 5.91 Å². The predicted octanol–water partition coefficient (Wildman–Crippen LogP) is 8.33. The second-order valence-electron chi connectivity index (χ2n) is 10.3. The molecule has 222 valence electrons. The Hall–Kier alpha value is -5.05. The van der Waals surface area contributed by atoms with Gasteiger partial charge < -0.3 is 10.6 Å². The van der Waals surface area contributed by atoms with E-state index in [9.17, 15) is 14.4 Å². The molecule has 0 saturated heterocycles. The maximum absolute atomic E-state index is 13.5. The zero-order valence-corrected chi connectivity index (χ0v) is 26.0. The molecular weight excluding hydrogens is 599 g/mol. The van der Waals surface area contributed by atoms with E-state index in [0.717, 1.165) is 37.2 Å². The predicted molar refractivity (Wildman–Crippen MR) is 183 cm³/mol. The lowest BCUT2D eigenvalue weighted by Gasteiger charge is -2.31. The molecule has 1 heterocycles. The number of rotatable bonds is 8. The van der Waals surface area contributed by atoms with Gasteiger partial charge in [0.05, 0.1) is 17.1 Å². The van der Waals surface area contributed by atoms with Crippen LogP contribution < -0.4 is 15.5 Å². The van der Waals surface area contributed by atoms with Crippen molar-refractivity contribution in [2.75, 3.05) is 16.0 Å². The largest absolute Gasteiger partial charge is 0.321 e. The van der Waals surface area contributed by atoms with Gasteiger partial charge in [-0.15, -0.1) is 11.8 Å². The van der Waals surface area contributed by atoms with E-state index in [0.29, 0.717) is 11.3 Å². The molecule has 2 N–H and O–H groups in total. The third kappa shape index (κ3) is 7.20. The lowest BCUT2D eigenvalue weighted by atomic mass is 10.1. The summed E-state index contributed by atoms with van der Waals surface area (Å²) < 4.78 is 0. The van der Waals surface area contributed by atoms with Crippen molar-refractivity contribution in [1.29, 1.82) is 0 Å². The van der Waals surface area contributed by atoms with Gasteiger partial charge in [-0.05, 0) is 79.2 Å². The molecule has 1 aliphatic rings. The molecule has 1 aliphatic heterocycles. The third-order valence-electron chi connectivity index (χ3n) is 7.07. The lowest BCUT2D eigenvalue weighted by Crippen LogP contribution is -2.30. The van der Waals surface area contributed by atoms with Gasteiger partial charge in [-0.25, -0.2) is 0 Å². The van der Waals surface area contributed by atoms with Gasteiger partial charge in [0.1, 0.15) is 5.70 Å². The van der Waals surface area contributed by atoms with Gasteiger partial charge in [-0.3, -0.25) is 19.3 Å². The van der Waals surface area contributed by atoms with Crippen molar-refractivity contribution in [2.24, 2.45) is 0 Å². The van der Waals surface area contributed by atoms with Gasteiger partial charge in [-0.2, -0.15) is 0 Å². The summed E-state index contributed by atoms with van der Waals surface area (Å²) in [7, 11) is 0. The number of thioether (sulfide) groups is 1. The van der Waals surface area contributed by atoms with Crippen LogP contribution in [0, 0.1) is 6.92 Å². The number of para-hydroxylation sites is 2. The number of hydrogen-bond donors (Lipinski definition) is 2. The summed E-state index contributed by atoms with van der Waals surface area (Å²) >= 11 is 3.10. The maximum atomic E-state index is 13.5. The first kappa shape index (κ1) is 30.0. The fraction of sp³-hybridized carbons (Fsp3) is 0.0541. The molecule has 45 heavy (non-hydrogen) atoms. The molecule has 0 radical (unpaired) electrons. The topological polar surface area (TPSA) is 78.5 Å². The molecule has 3 amide bonds. The van der Waals surface area contributed by atoms with Gasteiger partial charge in [0, 0.05) is 25.9 Å². The summed E-state index contributed by atoms with van der Waals surface area (Å²) in [5.74, 6) is -0.597. The molecule has 0 unspecified atom stereocenters. The molecule has 0 aliphatic carbocycles. The first-order chi connectivity index (χ1) is 21.9. The van der Waals surface area contributed by atoms with E-state index < -0.39 is 5.91 Å². The summed E-state index contributed by atoms with van der Waals surface area (Å²) in [5.41, 5.74) is 4.79. The Morgan fingerprint density at radius 2 is 1.33 bits per heavy atom. The van der Waals surface area contributed by atoms with Crippen LogP contribution in [0.1, 0.15) is 21.5 Å². The van der Waals surface area contributed by atoms with Crippen LogP contribution >= 0.6 is 23.5 Å². The number of benzene rings is 5. The third-order valence-corrected chi connectivity index (χ3v) is 9.20. The molecule has 6 nitrogen and oxygen atoms in total. The molecule has 5 aromatic rings. The number of amides is 3. The number of nitrogens with one attached hydrogen (secondary N) is 2. The quantitative estimate of drug-likeness (QED) is 0.134. The van der Waals surface area contributed by atoms with Crippen LogP contribution in [-0.4, -0.2) is 23.5 Å². The van der Waals surface area contributed by atoms with E-state index in [1.165, 1.54) is 11.8 Å². The summed E-state index contributed by atoms with van der Waals surface area (Å²) in [5, 5.41) is 5.66. The van der Waals surface area contributed by atoms with Gasteiger partial charge in [0.25, 0.3) is 11.8 Å². The molecule has 0 saturated carbocycles. The van der Waals surface area contributed by atoms with Crippen molar-refractivity contribution in [1.82, 2.24) is 5.32 Å². The Bertz CT molecular complexity index is 1840. The molecule has 0 bridgehead atoms. The monoisotopic (exact) mass is 627 g/mol. The minimum absolute atomic E-state index is 0.0161. The van der Waals surface area contributed by atoms with E-state index >= 15 is 0 Å². The number of fused-ring (bicyclic) bond motifs is 2. The molecular formula is C37H29N3O3S2. The summed E-state index contributed by atoms with van der Waals surface area (Å²) in [4.78, 5) is 44.6. The van der Waals surface area contributed by atoms with Crippen LogP contribution in [0.25, 0.3) is 6.08 Å². The number of anilines is 3. The van der Waals surface area contributed by atoms with Gasteiger partial charge in [0.15, 0.2) is 0 Å². The van der Waals surface area contributed by atoms with Crippen molar-refractivity contribution in [3.63, 3.8) is 0 Å². The highest BCUT2D eigenvalue weighted by Crippen LogP contribution is 2.48. The second-order valence-corrected chi connectivity index (χ2v) is 12.5. The Kier molecular flexibility index (Phi) is 9.14. The molecule has 0 fully saturated rings. The zero-order chi connectivity index (χ0) is 31.2. The van der Waals surface area contributed by atoms with Crippen molar-refractivity contribution in [3.8, 4) is 0 Å². The van der Waals surface area contributed by atoms with E-state index in [2.05, 4.69) is 10.6 Å². The molecule has 6 rings (SSSR count). The van der Waals surface area contributed by atoms with Crippen LogP contribution in [0.3, 0.4) is 0 Å². The van der Waals surface area contributed by atoms with Crippen LogP contribution in [0.4, 0.5) is 17.1 Å². The Morgan fingerprint density at radius 1 is 0.733 bits per heavy atom. The fourth-order valence-electron chi connectivity index (χ4n) is 4.79. The second kappa shape index (κ2) is 13.7. The average molecular weight is 628 g/mol. The van der Waals surface area contributed by atoms with E-state index in [1.807, 2.05) is 97.9 Å². The van der Waals surface area contributed by atoms with Crippen LogP contribution in [-0.2, 0) is 9.59 Å². The minimum Gasteiger partial charge on any atom is -0.321 e. The standard InChI is InChI=1S/C37H29N3O3S2/c1-25-15-17-26(18-16-25)23-30(39-36(42)27-9-3-2-4-10-27)37(43)38-28-19-21-29(22-20-28)44-24-35(41)40-31-11-5-7-13-33(31)45-34-14-8-6-12-32(34)40/h2-23H,24H2,1H3,(H,38,43)(H,39,42). The van der Waals surface area contributed by atoms with Crippen molar-refractivity contribution >= 4 is 64.4 Å². The van der Waals surface area contributed by atoms with Gasteiger partial charge >= 0.3 is 0 Å². The minimum atomic E-state index is -0.448. The van der Waals surface area contributed by atoms with Crippen LogP contribution in [0.5, 0.6) is 0 Å². The number of nitrogens with zero attached hydrogens (tertiary/aromatic N) is 1. The van der Waals surface area contributed by atoms with Crippen molar-refractivity contribution in [3.05, 3.63) is 150 Å². The van der Waals surface area contributed by atoms with Crippen molar-refractivity contribution < 1.29 is 14.4 Å². The highest BCUT2D eigenvalue weighted by atomic mass is 32.2. The van der Waals surface area contributed by atoms with E-state index in [1.54, 1.807) is 59.1 Å². The van der Waals surface area contributed by atoms with E-state index in [-0.39, 0.29) is 23.3 Å². The van der Waals surface area contributed by atoms with Crippen LogP contribution in [0.15, 0.2) is 148 Å². The molecule has 0 spiro atoms. The summed E-state index contributed by atoms with van der Waals surface area (Å²) in [6.07, 6.45) is 1.65. The van der Waals surface area contributed by atoms with E-state index in [4.69, 9.17) is 0 Å². The Balaban J connectivity index is 1.14. The Morgan fingerprint density at radius 3 is 1.98 bits per heavy atom.